The predicted molar refractivity (Wildman–Crippen MR) is 172 cm³/mol. The number of carbonyl (C=O) groups is 1. The molecule has 248 valence electrons. The zero-order valence-electron chi connectivity index (χ0n) is 27.2. The average Bonchev–Trinajstić information content (AvgIpc) is 3.03. The van der Waals surface area contributed by atoms with Crippen LogP contribution >= 0.6 is 0 Å². The number of piperazine rings is 1. The van der Waals surface area contributed by atoms with E-state index in [1.807, 2.05) is 17.0 Å². The number of nitrogens with zero attached hydrogens (tertiary/aromatic N) is 4. The molecule has 0 aromatic heterocycles. The van der Waals surface area contributed by atoms with Crippen LogP contribution in [0.25, 0.3) is 0 Å². The van der Waals surface area contributed by atoms with Crippen LogP contribution in [0.2, 0.25) is 0 Å². The van der Waals surface area contributed by atoms with E-state index < -0.39 is 10.0 Å². The summed E-state index contributed by atoms with van der Waals surface area (Å²) in [5.74, 6) is 0.722. The van der Waals surface area contributed by atoms with Crippen LogP contribution in [-0.2, 0) is 19.6 Å². The second-order valence-corrected chi connectivity index (χ2v) is 14.8. The number of aryl methyl sites for hydroxylation is 2. The van der Waals surface area contributed by atoms with Crippen LogP contribution in [0.3, 0.4) is 0 Å². The Kier molecular flexibility index (Phi) is 11.2. The number of sulfonamides is 1. The van der Waals surface area contributed by atoms with Crippen molar-refractivity contribution >= 4 is 15.9 Å². The Morgan fingerprint density at radius 1 is 0.933 bits per heavy atom. The van der Waals surface area contributed by atoms with Gasteiger partial charge in [-0.3, -0.25) is 9.69 Å². The Hall–Kier alpha value is -2.57. The molecule has 3 aliphatic heterocycles. The highest BCUT2D eigenvalue weighted by Gasteiger charge is 2.37. The normalized spacial score (nSPS) is 22.0. The van der Waals surface area contributed by atoms with Gasteiger partial charge in [0.25, 0.3) is 0 Å². The van der Waals surface area contributed by atoms with Gasteiger partial charge in [0, 0.05) is 57.9 Å². The molecule has 0 spiro atoms. The molecule has 2 aromatic rings. The number of hydrogen-bond acceptors (Lipinski definition) is 7. The Morgan fingerprint density at radius 2 is 1.58 bits per heavy atom. The molecule has 0 bridgehead atoms. The fourth-order valence-corrected chi connectivity index (χ4v) is 9.48. The van der Waals surface area contributed by atoms with Gasteiger partial charge in [0.2, 0.25) is 15.9 Å². The molecule has 2 aromatic carbocycles. The summed E-state index contributed by atoms with van der Waals surface area (Å²) < 4.78 is 54.3. The van der Waals surface area contributed by atoms with Crippen LogP contribution in [0.1, 0.15) is 54.8 Å². The number of likely N-dealkylation sites (tertiary alicyclic amines) is 1. The number of carbonyl (C=O) groups excluding carboxylic acids is 1. The standard InChI is InChI=1S/C34H49FN4O5S/c1-25-21-31(43-4)22-26(2)34(25)45(41,42)39-14-6-5-7-30(39)23-44-24-32(40)37-15-12-28(13-16-37)33(27-8-10-29(35)11-9-27)38-19-17-36(3)18-20-38/h8-11,21-22,28,30,33H,5-7,12-20,23-24H2,1-4H3. The molecule has 1 amide bonds. The van der Waals surface area contributed by atoms with Crippen molar-refractivity contribution in [2.75, 3.05) is 73.2 Å². The summed E-state index contributed by atoms with van der Waals surface area (Å²) in [6, 6.07) is 10.3. The Balaban J connectivity index is 1.17. The maximum absolute atomic E-state index is 13.8. The van der Waals surface area contributed by atoms with Crippen LogP contribution in [0.5, 0.6) is 5.75 Å². The molecule has 3 aliphatic rings. The molecule has 2 atom stereocenters. The third-order valence-corrected chi connectivity index (χ3v) is 12.1. The highest BCUT2D eigenvalue weighted by molar-refractivity contribution is 7.89. The van der Waals surface area contributed by atoms with E-state index in [-0.39, 0.29) is 37.0 Å². The van der Waals surface area contributed by atoms with Crippen molar-refractivity contribution in [3.8, 4) is 5.75 Å². The van der Waals surface area contributed by atoms with Gasteiger partial charge in [-0.25, -0.2) is 12.8 Å². The second kappa shape index (κ2) is 14.9. The lowest BCUT2D eigenvalue weighted by Crippen LogP contribution is -2.50. The van der Waals surface area contributed by atoms with Gasteiger partial charge in [0.05, 0.1) is 18.6 Å². The first kappa shape index (κ1) is 33.8. The lowest BCUT2D eigenvalue weighted by molar-refractivity contribution is -0.138. The van der Waals surface area contributed by atoms with Crippen molar-refractivity contribution < 1.29 is 27.1 Å². The molecular weight excluding hydrogens is 595 g/mol. The maximum atomic E-state index is 13.8. The number of amides is 1. The first-order valence-corrected chi connectivity index (χ1v) is 17.7. The van der Waals surface area contributed by atoms with E-state index in [4.69, 9.17) is 9.47 Å². The average molecular weight is 645 g/mol. The summed E-state index contributed by atoms with van der Waals surface area (Å²) in [7, 11) is -0.0304. The van der Waals surface area contributed by atoms with Gasteiger partial charge in [-0.05, 0) is 93.5 Å². The number of piperidine rings is 2. The second-order valence-electron chi connectivity index (χ2n) is 12.9. The van der Waals surface area contributed by atoms with Crippen molar-refractivity contribution in [3.05, 3.63) is 58.9 Å². The fraction of sp³-hybridized carbons (Fsp3) is 0.618. The van der Waals surface area contributed by atoms with E-state index in [0.29, 0.717) is 53.7 Å². The molecule has 3 saturated heterocycles. The molecule has 5 rings (SSSR count). The van der Waals surface area contributed by atoms with Gasteiger partial charge in [-0.15, -0.1) is 0 Å². The van der Waals surface area contributed by atoms with Crippen LogP contribution in [0.15, 0.2) is 41.3 Å². The first-order chi connectivity index (χ1) is 21.6. The fourth-order valence-electron chi connectivity index (χ4n) is 7.39. The number of halogens is 1. The highest BCUT2D eigenvalue weighted by Crippen LogP contribution is 2.37. The summed E-state index contributed by atoms with van der Waals surface area (Å²) >= 11 is 0. The van der Waals surface area contributed by atoms with Crippen LogP contribution < -0.4 is 4.74 Å². The number of rotatable bonds is 10. The predicted octanol–water partition coefficient (Wildman–Crippen LogP) is 4.24. The van der Waals surface area contributed by atoms with Crippen molar-refractivity contribution in [1.29, 1.82) is 0 Å². The van der Waals surface area contributed by atoms with Gasteiger partial charge in [-0.2, -0.15) is 4.31 Å². The number of benzene rings is 2. The number of hydrogen-bond donors (Lipinski definition) is 0. The quantitative estimate of drug-likeness (QED) is 0.383. The van der Waals surface area contributed by atoms with Crippen molar-refractivity contribution in [2.24, 2.45) is 5.92 Å². The largest absolute Gasteiger partial charge is 0.497 e. The zero-order valence-corrected chi connectivity index (χ0v) is 28.0. The molecule has 11 heteroatoms. The van der Waals surface area contributed by atoms with Gasteiger partial charge in [0.15, 0.2) is 0 Å². The molecule has 45 heavy (non-hydrogen) atoms. The molecule has 0 radical (unpaired) electrons. The minimum absolute atomic E-state index is 0.0570. The third kappa shape index (κ3) is 7.88. The van der Waals surface area contributed by atoms with Crippen molar-refractivity contribution in [3.63, 3.8) is 0 Å². The van der Waals surface area contributed by atoms with E-state index in [9.17, 15) is 17.6 Å². The zero-order chi connectivity index (χ0) is 32.1. The molecule has 0 N–H and O–H groups in total. The molecular formula is C34H49FN4O5S. The van der Waals surface area contributed by atoms with Crippen LogP contribution in [-0.4, -0.2) is 113 Å². The van der Waals surface area contributed by atoms with E-state index >= 15 is 0 Å². The Morgan fingerprint density at radius 3 is 2.20 bits per heavy atom. The lowest BCUT2D eigenvalue weighted by atomic mass is 9.84. The minimum atomic E-state index is -3.75. The van der Waals surface area contributed by atoms with Gasteiger partial charge in [-0.1, -0.05) is 18.6 Å². The smallest absolute Gasteiger partial charge is 0.248 e. The SMILES string of the molecule is COc1cc(C)c(S(=O)(=O)N2CCCCC2COCC(=O)N2CCC(C(c3ccc(F)cc3)N3CCN(C)CC3)CC2)c(C)c1. The molecule has 2 unspecified atom stereocenters. The van der Waals surface area contributed by atoms with Gasteiger partial charge >= 0.3 is 0 Å². The minimum Gasteiger partial charge on any atom is -0.497 e. The van der Waals surface area contributed by atoms with E-state index in [2.05, 4.69) is 16.8 Å². The monoisotopic (exact) mass is 644 g/mol. The van der Waals surface area contributed by atoms with Gasteiger partial charge in [0.1, 0.15) is 18.2 Å². The molecule has 0 aliphatic carbocycles. The number of likely N-dealkylation sites (N-methyl/N-ethyl adjacent to an activating group) is 1. The van der Waals surface area contributed by atoms with Crippen LogP contribution in [0.4, 0.5) is 4.39 Å². The number of ether oxygens (including phenoxy) is 2. The van der Waals surface area contributed by atoms with Crippen molar-refractivity contribution in [2.45, 2.75) is 62.9 Å². The summed E-state index contributed by atoms with van der Waals surface area (Å²) in [6.07, 6.45) is 4.16. The number of methoxy groups -OCH3 is 1. The maximum Gasteiger partial charge on any atom is 0.248 e. The molecule has 0 saturated carbocycles. The first-order valence-electron chi connectivity index (χ1n) is 16.3. The molecule has 3 heterocycles. The Labute approximate surface area is 268 Å². The summed E-state index contributed by atoms with van der Waals surface area (Å²) in [5, 5.41) is 0. The summed E-state index contributed by atoms with van der Waals surface area (Å²) in [6.45, 7) is 9.41. The van der Waals surface area contributed by atoms with E-state index in [1.165, 1.54) is 0 Å². The molecule has 9 nitrogen and oxygen atoms in total. The topological polar surface area (TPSA) is 82.6 Å². The van der Waals surface area contributed by atoms with Gasteiger partial charge < -0.3 is 19.3 Å². The summed E-state index contributed by atoms with van der Waals surface area (Å²) in [4.78, 5) is 20.3. The highest BCUT2D eigenvalue weighted by atomic mass is 32.2. The summed E-state index contributed by atoms with van der Waals surface area (Å²) in [5.41, 5.74) is 2.45. The van der Waals surface area contributed by atoms with Crippen molar-refractivity contribution in [1.82, 2.24) is 19.0 Å². The van der Waals surface area contributed by atoms with E-state index in [1.54, 1.807) is 49.5 Å². The van der Waals surface area contributed by atoms with E-state index in [0.717, 1.165) is 57.4 Å². The van der Waals surface area contributed by atoms with Crippen LogP contribution in [0, 0.1) is 25.6 Å². The lowest BCUT2D eigenvalue weighted by Gasteiger charge is -2.44. The third-order valence-electron chi connectivity index (χ3n) is 9.83. The Bertz CT molecular complexity index is 1380. The molecule has 3 fully saturated rings.